The molecule has 2 aromatic rings. The number of alkyl carbamates (subject to hydrolysis) is 1. The van der Waals surface area contributed by atoms with Gasteiger partial charge in [0, 0.05) is 48.8 Å². The van der Waals surface area contributed by atoms with Crippen molar-refractivity contribution in [1.29, 1.82) is 0 Å². The van der Waals surface area contributed by atoms with Crippen molar-refractivity contribution < 1.29 is 38.6 Å². The van der Waals surface area contributed by atoms with Crippen molar-refractivity contribution in [2.75, 3.05) is 26.7 Å². The van der Waals surface area contributed by atoms with E-state index >= 15 is 0 Å². The number of pyridine rings is 1. The molecule has 13 heteroatoms. The molecule has 3 aliphatic heterocycles. The van der Waals surface area contributed by atoms with Crippen molar-refractivity contribution in [2.45, 2.75) is 82.5 Å². The summed E-state index contributed by atoms with van der Waals surface area (Å²) in [5.41, 5.74) is -1.43. The normalized spacial score (nSPS) is 29.4. The van der Waals surface area contributed by atoms with Crippen molar-refractivity contribution in [3.8, 4) is 5.75 Å². The van der Waals surface area contributed by atoms with E-state index in [0.29, 0.717) is 24.1 Å². The molecule has 1 aromatic heterocycles. The number of nitrogens with one attached hydrogen (secondary N) is 2. The fraction of sp³-hybridized carbons (Fsp3) is 0.556. The van der Waals surface area contributed by atoms with Crippen LogP contribution in [-0.4, -0.2) is 99.6 Å². The first-order valence-corrected chi connectivity index (χ1v) is 17.1. The molecule has 0 radical (unpaired) electrons. The molecule has 6 rings (SSSR count). The van der Waals surface area contributed by atoms with Crippen LogP contribution >= 0.6 is 0 Å². The zero-order valence-corrected chi connectivity index (χ0v) is 28.4. The second kappa shape index (κ2) is 13.3. The number of carboxylic acid groups (broad SMARTS) is 1. The zero-order valence-electron chi connectivity index (χ0n) is 28.4. The van der Waals surface area contributed by atoms with E-state index in [1.54, 1.807) is 37.8 Å². The van der Waals surface area contributed by atoms with Gasteiger partial charge in [-0.2, -0.15) is 0 Å². The van der Waals surface area contributed by atoms with Gasteiger partial charge in [-0.05, 0) is 58.6 Å². The lowest BCUT2D eigenvalue weighted by Gasteiger charge is -2.33. The number of fused-ring (bicyclic) bond motifs is 5. The Morgan fingerprint density at radius 2 is 1.86 bits per heavy atom. The Labute approximate surface area is 285 Å². The van der Waals surface area contributed by atoms with Crippen molar-refractivity contribution in [2.24, 2.45) is 17.8 Å². The minimum Gasteiger partial charge on any atom is -0.496 e. The van der Waals surface area contributed by atoms with Crippen molar-refractivity contribution in [3.05, 3.63) is 48.2 Å². The smallest absolute Gasteiger partial charge is 0.408 e. The zero-order chi connectivity index (χ0) is 35.1. The molecule has 1 aromatic carbocycles. The van der Waals surface area contributed by atoms with E-state index in [-0.39, 0.29) is 49.5 Å². The van der Waals surface area contributed by atoms with E-state index in [1.165, 1.54) is 12.0 Å². The molecule has 262 valence electrons. The maximum Gasteiger partial charge on any atom is 0.408 e. The molecular formula is C36H45N5O8. The van der Waals surface area contributed by atoms with E-state index in [2.05, 4.69) is 15.6 Å². The van der Waals surface area contributed by atoms with Gasteiger partial charge in [0.25, 0.3) is 5.91 Å². The van der Waals surface area contributed by atoms with E-state index in [0.717, 1.165) is 24.6 Å². The Kier molecular flexibility index (Phi) is 9.29. The Morgan fingerprint density at radius 3 is 2.59 bits per heavy atom. The van der Waals surface area contributed by atoms with Crippen LogP contribution in [0, 0.1) is 17.8 Å². The summed E-state index contributed by atoms with van der Waals surface area (Å²) in [4.78, 5) is 75.5. The number of rotatable bonds is 4. The van der Waals surface area contributed by atoms with Gasteiger partial charge in [0.1, 0.15) is 34.7 Å². The number of benzene rings is 1. The van der Waals surface area contributed by atoms with Crippen molar-refractivity contribution in [3.63, 3.8) is 0 Å². The Morgan fingerprint density at radius 1 is 1.08 bits per heavy atom. The van der Waals surface area contributed by atoms with Crippen LogP contribution in [-0.2, 0) is 19.1 Å². The number of carbonyl (C=O) groups is 5. The van der Waals surface area contributed by atoms with Crippen LogP contribution in [0.5, 0.6) is 5.75 Å². The van der Waals surface area contributed by atoms with Gasteiger partial charge < -0.3 is 35.0 Å². The van der Waals surface area contributed by atoms with E-state index in [9.17, 15) is 29.1 Å². The van der Waals surface area contributed by atoms with Crippen LogP contribution in [0.4, 0.5) is 4.79 Å². The number of nitrogens with zero attached hydrogens (tertiary/aromatic N) is 3. The Balaban J connectivity index is 1.30. The Hall–Kier alpha value is -4.68. The standard InChI is InChI=1S/C36H45N5O8/c1-35(2,3)49-34(47)38-26-15-9-7-5-6-8-12-22-17-36(22,33(45)46)39-30(42)29-24-20-40(18-21(24)19-41(29)32(26)44)31(43)27-16-28(48-4)23-13-10-11-14-25(23)37-27/h8,10-14,16,21-22,24,26,29H,5-7,9,15,17-20H2,1-4H3,(H,38,47)(H,39,42)(H,45,46)/b12-8-/t21-,22+,24-,26+,29-,36+/m0/s1. The molecule has 0 bridgehead atoms. The van der Waals surface area contributed by atoms with Gasteiger partial charge in [-0.3, -0.25) is 14.4 Å². The fourth-order valence-electron chi connectivity index (χ4n) is 7.57. The number of ether oxygens (including phenoxy) is 2. The average molecular weight is 676 g/mol. The average Bonchev–Trinajstić information content (AvgIpc) is 3.40. The quantitative estimate of drug-likeness (QED) is 0.411. The summed E-state index contributed by atoms with van der Waals surface area (Å²) >= 11 is 0. The van der Waals surface area contributed by atoms with Gasteiger partial charge in [0.2, 0.25) is 11.8 Å². The minimum atomic E-state index is -1.46. The maximum absolute atomic E-state index is 14.3. The summed E-state index contributed by atoms with van der Waals surface area (Å²) in [5, 5.41) is 16.6. The number of amides is 4. The van der Waals surface area contributed by atoms with Crippen molar-refractivity contribution in [1.82, 2.24) is 25.4 Å². The molecule has 1 saturated carbocycles. The minimum absolute atomic E-state index is 0.162. The van der Waals surface area contributed by atoms with Crippen LogP contribution in [0.15, 0.2) is 42.5 Å². The SMILES string of the molecule is COc1cc(C(=O)N2C[C@H]3CN4C(=O)[C@H](NC(=O)OC(C)(C)C)CCCCC/C=C\[C@@H]5C[C@@]5(C(=O)O)NC(=O)[C@@H]4[C@H]3C2)nc2ccccc12. The van der Waals surface area contributed by atoms with E-state index in [1.807, 2.05) is 30.4 Å². The molecule has 6 atom stereocenters. The number of carbonyl (C=O) groups excluding carboxylic acids is 4. The van der Waals surface area contributed by atoms with Crippen molar-refractivity contribution >= 4 is 40.7 Å². The van der Waals surface area contributed by atoms with Gasteiger partial charge >= 0.3 is 12.1 Å². The highest BCUT2D eigenvalue weighted by atomic mass is 16.6. The van der Waals surface area contributed by atoms with Crippen LogP contribution in [0.1, 0.15) is 69.8 Å². The molecule has 49 heavy (non-hydrogen) atoms. The molecule has 4 aliphatic rings. The monoisotopic (exact) mass is 675 g/mol. The second-order valence-corrected chi connectivity index (χ2v) is 14.6. The third kappa shape index (κ3) is 6.93. The molecule has 2 saturated heterocycles. The number of methoxy groups -OCH3 is 1. The molecular weight excluding hydrogens is 630 g/mol. The summed E-state index contributed by atoms with van der Waals surface area (Å²) in [6.07, 6.45) is 6.72. The molecule has 13 nitrogen and oxygen atoms in total. The fourth-order valence-corrected chi connectivity index (χ4v) is 7.57. The van der Waals surface area contributed by atoms with Crippen LogP contribution in [0.25, 0.3) is 10.9 Å². The lowest BCUT2D eigenvalue weighted by Crippen LogP contribution is -2.58. The first-order valence-electron chi connectivity index (χ1n) is 17.1. The summed E-state index contributed by atoms with van der Waals surface area (Å²) in [6.45, 7) is 5.81. The molecule has 4 heterocycles. The lowest BCUT2D eigenvalue weighted by molar-refractivity contribution is -0.146. The third-order valence-electron chi connectivity index (χ3n) is 10.1. The largest absolute Gasteiger partial charge is 0.496 e. The molecule has 4 amide bonds. The highest BCUT2D eigenvalue weighted by Gasteiger charge is 2.62. The number of hydrogen-bond acceptors (Lipinski definition) is 8. The van der Waals surface area contributed by atoms with Crippen LogP contribution in [0.2, 0.25) is 0 Å². The third-order valence-corrected chi connectivity index (χ3v) is 10.1. The molecule has 0 unspecified atom stereocenters. The predicted octanol–water partition coefficient (Wildman–Crippen LogP) is 3.52. The highest BCUT2D eigenvalue weighted by molar-refractivity contribution is 5.98. The maximum atomic E-state index is 14.3. The van der Waals surface area contributed by atoms with Gasteiger partial charge in [0.05, 0.1) is 12.6 Å². The van der Waals surface area contributed by atoms with Gasteiger partial charge in [-0.15, -0.1) is 0 Å². The number of allylic oxidation sites excluding steroid dienone is 1. The van der Waals surface area contributed by atoms with E-state index in [4.69, 9.17) is 9.47 Å². The number of hydrogen-bond donors (Lipinski definition) is 3. The van der Waals surface area contributed by atoms with Crippen LogP contribution < -0.4 is 15.4 Å². The molecule has 3 N–H and O–H groups in total. The topological polar surface area (TPSA) is 167 Å². The lowest BCUT2D eigenvalue weighted by atomic mass is 9.93. The van der Waals surface area contributed by atoms with E-state index < -0.39 is 53.0 Å². The Bertz CT molecular complexity index is 1690. The first-order chi connectivity index (χ1) is 23.3. The van der Waals surface area contributed by atoms with Crippen LogP contribution in [0.3, 0.4) is 0 Å². The highest BCUT2D eigenvalue weighted by Crippen LogP contribution is 2.46. The molecule has 3 fully saturated rings. The summed E-state index contributed by atoms with van der Waals surface area (Å²) in [5.74, 6) is -3.04. The summed E-state index contributed by atoms with van der Waals surface area (Å²) in [7, 11) is 1.53. The van der Waals surface area contributed by atoms with Gasteiger partial charge in [-0.25, -0.2) is 14.6 Å². The van der Waals surface area contributed by atoms with Gasteiger partial charge in [0.15, 0.2) is 0 Å². The number of likely N-dealkylation sites (tertiary alicyclic amines) is 1. The summed E-state index contributed by atoms with van der Waals surface area (Å²) in [6, 6.07) is 6.97. The number of aliphatic carboxylic acids is 1. The molecule has 1 aliphatic carbocycles. The summed E-state index contributed by atoms with van der Waals surface area (Å²) < 4.78 is 11.0. The second-order valence-electron chi connectivity index (χ2n) is 14.6. The first kappa shape index (κ1) is 34.2. The number of aromatic nitrogens is 1. The predicted molar refractivity (Wildman–Crippen MR) is 179 cm³/mol. The number of carboxylic acids is 1. The van der Waals surface area contributed by atoms with Gasteiger partial charge in [-0.1, -0.05) is 37.1 Å². The molecule has 0 spiro atoms. The number of para-hydroxylation sites is 1.